The van der Waals surface area contributed by atoms with Crippen molar-refractivity contribution < 1.29 is 9.90 Å². The Morgan fingerprint density at radius 3 is 2.74 bits per heavy atom. The Morgan fingerprint density at radius 2 is 2.16 bits per heavy atom. The lowest BCUT2D eigenvalue weighted by molar-refractivity contribution is 0.0695. The van der Waals surface area contributed by atoms with Crippen molar-refractivity contribution >= 4 is 16.9 Å². The summed E-state index contributed by atoms with van der Waals surface area (Å²) < 4.78 is 1.75. The second kappa shape index (κ2) is 4.99. The van der Waals surface area contributed by atoms with Gasteiger partial charge in [0.25, 0.3) is 0 Å². The Balaban J connectivity index is 2.90. The molecule has 0 aliphatic heterocycles. The second-order valence-electron chi connectivity index (χ2n) is 4.07. The number of rotatable bonds is 2. The van der Waals surface area contributed by atoms with Gasteiger partial charge in [0.05, 0.1) is 5.52 Å². The van der Waals surface area contributed by atoms with E-state index in [1.54, 1.807) is 23.6 Å². The van der Waals surface area contributed by atoms with Crippen LogP contribution in [0, 0.1) is 11.8 Å². The van der Waals surface area contributed by atoms with Crippen molar-refractivity contribution in [3.8, 4) is 11.8 Å². The molecule has 0 unspecified atom stereocenters. The van der Waals surface area contributed by atoms with E-state index in [-0.39, 0.29) is 5.56 Å². The summed E-state index contributed by atoms with van der Waals surface area (Å²) in [5, 5.41) is 9.47. The Kier molecular flexibility index (Phi) is 3.39. The van der Waals surface area contributed by atoms with Crippen LogP contribution in [0.4, 0.5) is 0 Å². The number of aryl methyl sites for hydroxylation is 1. The number of aromatic nitrogens is 1. The standard InChI is InChI=1S/C15H13NO3/c1-3-5-10-6-7-13-11(8-10)14(17)12(15(18)19)9-16(13)4-2/h6-9H,4H2,1-2H3,(H,18,19). The van der Waals surface area contributed by atoms with Gasteiger partial charge in [-0.25, -0.2) is 4.79 Å². The smallest absolute Gasteiger partial charge is 0.341 e. The van der Waals surface area contributed by atoms with Crippen LogP contribution in [-0.2, 0) is 6.54 Å². The Morgan fingerprint density at radius 1 is 1.42 bits per heavy atom. The highest BCUT2D eigenvalue weighted by molar-refractivity contribution is 5.92. The van der Waals surface area contributed by atoms with Gasteiger partial charge in [0, 0.05) is 23.7 Å². The van der Waals surface area contributed by atoms with Gasteiger partial charge in [-0.15, -0.1) is 5.92 Å². The van der Waals surface area contributed by atoms with E-state index < -0.39 is 11.4 Å². The molecule has 0 saturated carbocycles. The Hall–Kier alpha value is -2.54. The molecule has 1 aromatic heterocycles. The monoisotopic (exact) mass is 255 g/mol. The molecule has 1 aromatic carbocycles. The van der Waals surface area contributed by atoms with E-state index in [1.807, 2.05) is 13.0 Å². The van der Waals surface area contributed by atoms with Gasteiger partial charge in [-0.2, -0.15) is 0 Å². The molecular weight excluding hydrogens is 242 g/mol. The quantitative estimate of drug-likeness (QED) is 0.836. The average Bonchev–Trinajstić information content (AvgIpc) is 2.39. The number of hydrogen-bond acceptors (Lipinski definition) is 2. The SMILES string of the molecule is CC#Cc1ccc2c(c1)c(=O)c(C(=O)O)cn2CC. The third kappa shape index (κ3) is 2.23. The molecule has 1 heterocycles. The lowest BCUT2D eigenvalue weighted by Crippen LogP contribution is -2.18. The summed E-state index contributed by atoms with van der Waals surface area (Å²) in [5.41, 5.74) is 0.749. The van der Waals surface area contributed by atoms with Gasteiger partial charge in [-0.1, -0.05) is 5.92 Å². The number of carbonyl (C=O) groups is 1. The largest absolute Gasteiger partial charge is 0.477 e. The van der Waals surface area contributed by atoms with Crippen LogP contribution >= 0.6 is 0 Å². The summed E-state index contributed by atoms with van der Waals surface area (Å²) in [4.78, 5) is 23.3. The van der Waals surface area contributed by atoms with Crippen molar-refractivity contribution in [2.75, 3.05) is 0 Å². The molecule has 1 N–H and O–H groups in total. The predicted octanol–water partition coefficient (Wildman–Crippen LogP) is 2.09. The fraction of sp³-hybridized carbons (Fsp3) is 0.200. The van der Waals surface area contributed by atoms with Crippen molar-refractivity contribution in [1.29, 1.82) is 0 Å². The third-order valence-electron chi connectivity index (χ3n) is 2.92. The first-order valence-corrected chi connectivity index (χ1v) is 5.91. The highest BCUT2D eigenvalue weighted by Crippen LogP contribution is 2.14. The number of carboxylic acids is 1. The van der Waals surface area contributed by atoms with Gasteiger partial charge in [0.2, 0.25) is 5.43 Å². The molecule has 0 aliphatic rings. The molecule has 0 fully saturated rings. The third-order valence-corrected chi connectivity index (χ3v) is 2.92. The molecule has 0 atom stereocenters. The van der Waals surface area contributed by atoms with Crippen molar-refractivity contribution in [3.05, 3.63) is 45.7 Å². The average molecular weight is 255 g/mol. The van der Waals surface area contributed by atoms with Crippen LogP contribution in [0.2, 0.25) is 0 Å². The molecule has 4 heteroatoms. The van der Waals surface area contributed by atoms with Gasteiger partial charge < -0.3 is 9.67 Å². The summed E-state index contributed by atoms with van der Waals surface area (Å²) in [5.74, 6) is 4.42. The van der Waals surface area contributed by atoms with Crippen LogP contribution in [0.3, 0.4) is 0 Å². The maximum absolute atomic E-state index is 12.2. The van der Waals surface area contributed by atoms with Crippen LogP contribution in [0.1, 0.15) is 29.8 Å². The molecule has 2 rings (SSSR count). The zero-order valence-corrected chi connectivity index (χ0v) is 10.7. The van der Waals surface area contributed by atoms with Crippen LogP contribution in [0.25, 0.3) is 10.9 Å². The van der Waals surface area contributed by atoms with Gasteiger partial charge in [-0.3, -0.25) is 4.79 Å². The van der Waals surface area contributed by atoms with E-state index in [2.05, 4.69) is 11.8 Å². The first kappa shape index (κ1) is 12.9. The molecule has 2 aromatic rings. The number of benzene rings is 1. The molecule has 19 heavy (non-hydrogen) atoms. The van der Waals surface area contributed by atoms with E-state index in [4.69, 9.17) is 5.11 Å². The Bertz CT molecular complexity index is 776. The first-order chi connectivity index (χ1) is 9.08. The molecule has 4 nitrogen and oxygen atoms in total. The molecule has 0 saturated heterocycles. The number of carboxylic acid groups (broad SMARTS) is 1. The highest BCUT2D eigenvalue weighted by atomic mass is 16.4. The molecule has 0 radical (unpaired) electrons. The van der Waals surface area contributed by atoms with Gasteiger partial charge >= 0.3 is 5.97 Å². The van der Waals surface area contributed by atoms with Crippen molar-refractivity contribution in [2.45, 2.75) is 20.4 Å². The predicted molar refractivity (Wildman–Crippen MR) is 73.4 cm³/mol. The van der Waals surface area contributed by atoms with E-state index in [1.165, 1.54) is 6.20 Å². The second-order valence-corrected chi connectivity index (χ2v) is 4.07. The highest BCUT2D eigenvalue weighted by Gasteiger charge is 2.14. The topological polar surface area (TPSA) is 59.3 Å². The molecule has 96 valence electrons. The summed E-state index contributed by atoms with van der Waals surface area (Å²) >= 11 is 0. The van der Waals surface area contributed by atoms with E-state index in [0.717, 1.165) is 5.52 Å². The maximum Gasteiger partial charge on any atom is 0.341 e. The number of aromatic carboxylic acids is 1. The molecule has 0 amide bonds. The first-order valence-electron chi connectivity index (χ1n) is 5.91. The fourth-order valence-electron chi connectivity index (χ4n) is 2.03. The summed E-state index contributed by atoms with van der Waals surface area (Å²) in [6.45, 7) is 4.20. The number of nitrogens with zero attached hydrogens (tertiary/aromatic N) is 1. The number of pyridine rings is 1. The van der Waals surface area contributed by atoms with Gasteiger partial charge in [-0.05, 0) is 32.0 Å². The normalized spacial score (nSPS) is 10.0. The maximum atomic E-state index is 12.2. The van der Waals surface area contributed by atoms with E-state index in [9.17, 15) is 9.59 Å². The minimum absolute atomic E-state index is 0.212. The minimum Gasteiger partial charge on any atom is -0.477 e. The zero-order chi connectivity index (χ0) is 14.0. The van der Waals surface area contributed by atoms with Gasteiger partial charge in [0.1, 0.15) is 5.56 Å². The lowest BCUT2D eigenvalue weighted by atomic mass is 10.1. The van der Waals surface area contributed by atoms with Crippen molar-refractivity contribution in [2.24, 2.45) is 0 Å². The Labute approximate surface area is 110 Å². The molecule has 0 bridgehead atoms. The zero-order valence-electron chi connectivity index (χ0n) is 10.7. The summed E-state index contributed by atoms with van der Waals surface area (Å²) in [6, 6.07) is 5.27. The van der Waals surface area contributed by atoms with Crippen molar-refractivity contribution in [1.82, 2.24) is 4.57 Å². The fourth-order valence-corrected chi connectivity index (χ4v) is 2.03. The van der Waals surface area contributed by atoms with Gasteiger partial charge in [0.15, 0.2) is 0 Å². The summed E-state index contributed by atoms with van der Waals surface area (Å²) in [6.07, 6.45) is 1.39. The minimum atomic E-state index is -1.21. The summed E-state index contributed by atoms with van der Waals surface area (Å²) in [7, 11) is 0. The van der Waals surface area contributed by atoms with Crippen LogP contribution in [-0.4, -0.2) is 15.6 Å². The molecule has 0 aliphatic carbocycles. The molecule has 0 spiro atoms. The van der Waals surface area contributed by atoms with Crippen LogP contribution < -0.4 is 5.43 Å². The van der Waals surface area contributed by atoms with Crippen LogP contribution in [0.15, 0.2) is 29.2 Å². The van der Waals surface area contributed by atoms with E-state index in [0.29, 0.717) is 17.5 Å². The molecular formula is C15H13NO3. The van der Waals surface area contributed by atoms with E-state index >= 15 is 0 Å². The van der Waals surface area contributed by atoms with Crippen LogP contribution in [0.5, 0.6) is 0 Å². The number of hydrogen-bond donors (Lipinski definition) is 1. The van der Waals surface area contributed by atoms with Crippen molar-refractivity contribution in [3.63, 3.8) is 0 Å². The lowest BCUT2D eigenvalue weighted by Gasteiger charge is -2.10. The number of fused-ring (bicyclic) bond motifs is 1.